The van der Waals surface area contributed by atoms with E-state index in [1.54, 1.807) is 12.1 Å². The number of benzene rings is 2. The number of anilines is 1. The van der Waals surface area contributed by atoms with Gasteiger partial charge in [0.2, 0.25) is 5.91 Å². The summed E-state index contributed by atoms with van der Waals surface area (Å²) in [5.74, 6) is -0.228. The molecule has 0 atom stereocenters. The normalized spacial score (nSPS) is 10.5. The van der Waals surface area contributed by atoms with Crippen molar-refractivity contribution < 1.29 is 14.5 Å². The SMILES string of the molecule is COc1ccc(NC(=O)/C=C/c2ccc(C)cc2)cc1[N+](=O)[O-]. The van der Waals surface area contributed by atoms with Gasteiger partial charge in [0.25, 0.3) is 0 Å². The maximum absolute atomic E-state index is 11.9. The van der Waals surface area contributed by atoms with Crippen LogP contribution in [0.2, 0.25) is 0 Å². The average Bonchev–Trinajstić information content (AvgIpc) is 2.54. The highest BCUT2D eigenvalue weighted by atomic mass is 16.6. The molecule has 0 aliphatic carbocycles. The highest BCUT2D eigenvalue weighted by molar-refractivity contribution is 6.02. The third-order valence-electron chi connectivity index (χ3n) is 3.15. The zero-order valence-corrected chi connectivity index (χ0v) is 12.8. The van der Waals surface area contributed by atoms with Gasteiger partial charge in [0.05, 0.1) is 12.0 Å². The first-order valence-corrected chi connectivity index (χ1v) is 6.88. The van der Waals surface area contributed by atoms with Crippen LogP contribution in [0.4, 0.5) is 11.4 Å². The Morgan fingerprint density at radius 2 is 1.91 bits per heavy atom. The Labute approximate surface area is 133 Å². The van der Waals surface area contributed by atoms with Gasteiger partial charge in [-0.05, 0) is 30.7 Å². The average molecular weight is 312 g/mol. The highest BCUT2D eigenvalue weighted by Crippen LogP contribution is 2.29. The number of nitro groups is 1. The van der Waals surface area contributed by atoms with Crippen molar-refractivity contribution in [3.05, 3.63) is 69.8 Å². The Bertz CT molecular complexity index is 752. The molecule has 6 nitrogen and oxygen atoms in total. The number of ether oxygens (including phenoxy) is 1. The summed E-state index contributed by atoms with van der Waals surface area (Å²) in [4.78, 5) is 22.3. The van der Waals surface area contributed by atoms with E-state index in [1.165, 1.54) is 25.3 Å². The predicted molar refractivity (Wildman–Crippen MR) is 88.5 cm³/mol. The summed E-state index contributed by atoms with van der Waals surface area (Å²) in [5, 5.41) is 13.5. The van der Waals surface area contributed by atoms with Crippen LogP contribution in [-0.2, 0) is 4.79 Å². The summed E-state index contributed by atoms with van der Waals surface area (Å²) in [6.07, 6.45) is 3.05. The second kappa shape index (κ2) is 7.22. The van der Waals surface area contributed by atoms with E-state index in [0.29, 0.717) is 5.69 Å². The van der Waals surface area contributed by atoms with Crippen molar-refractivity contribution in [2.45, 2.75) is 6.92 Å². The molecule has 2 aromatic carbocycles. The van der Waals surface area contributed by atoms with Gasteiger partial charge in [-0.25, -0.2) is 0 Å². The molecule has 2 aromatic rings. The zero-order chi connectivity index (χ0) is 16.8. The van der Waals surface area contributed by atoms with Gasteiger partial charge in [0.15, 0.2) is 5.75 Å². The molecule has 0 unspecified atom stereocenters. The van der Waals surface area contributed by atoms with Crippen molar-refractivity contribution in [3.8, 4) is 5.75 Å². The molecule has 0 radical (unpaired) electrons. The second-order valence-electron chi connectivity index (χ2n) is 4.88. The minimum atomic E-state index is -0.559. The van der Waals surface area contributed by atoms with E-state index < -0.39 is 4.92 Å². The lowest BCUT2D eigenvalue weighted by molar-refractivity contribution is -0.385. The summed E-state index contributed by atoms with van der Waals surface area (Å²) in [6.45, 7) is 1.98. The quantitative estimate of drug-likeness (QED) is 0.520. The zero-order valence-electron chi connectivity index (χ0n) is 12.8. The number of hydrogen-bond donors (Lipinski definition) is 1. The molecule has 0 spiro atoms. The molecule has 118 valence electrons. The van der Waals surface area contributed by atoms with Gasteiger partial charge in [-0.15, -0.1) is 0 Å². The number of rotatable bonds is 5. The molecule has 0 aliphatic rings. The fourth-order valence-electron chi connectivity index (χ4n) is 1.94. The molecule has 23 heavy (non-hydrogen) atoms. The van der Waals surface area contributed by atoms with Crippen LogP contribution in [0.15, 0.2) is 48.5 Å². The monoisotopic (exact) mass is 312 g/mol. The van der Waals surface area contributed by atoms with Gasteiger partial charge in [0.1, 0.15) is 0 Å². The largest absolute Gasteiger partial charge is 0.490 e. The first-order valence-electron chi connectivity index (χ1n) is 6.88. The molecule has 0 saturated heterocycles. The van der Waals surface area contributed by atoms with Crippen LogP contribution in [0.25, 0.3) is 6.08 Å². The lowest BCUT2D eigenvalue weighted by atomic mass is 10.1. The molecule has 0 saturated carbocycles. The van der Waals surface area contributed by atoms with Crippen molar-refractivity contribution in [1.82, 2.24) is 0 Å². The number of amides is 1. The molecule has 6 heteroatoms. The molecule has 0 bridgehead atoms. The van der Waals surface area contributed by atoms with E-state index in [9.17, 15) is 14.9 Å². The highest BCUT2D eigenvalue weighted by Gasteiger charge is 2.15. The maximum atomic E-state index is 11.9. The van der Waals surface area contributed by atoms with Gasteiger partial charge in [-0.3, -0.25) is 14.9 Å². The Hall–Kier alpha value is -3.15. The van der Waals surface area contributed by atoms with E-state index in [0.717, 1.165) is 11.1 Å². The van der Waals surface area contributed by atoms with Crippen molar-refractivity contribution in [1.29, 1.82) is 0 Å². The minimum absolute atomic E-state index is 0.142. The van der Waals surface area contributed by atoms with Crippen LogP contribution in [0.3, 0.4) is 0 Å². The molecule has 1 amide bonds. The summed E-state index contributed by atoms with van der Waals surface area (Å²) in [5.41, 5.74) is 2.16. The third kappa shape index (κ3) is 4.41. The molecule has 0 heterocycles. The lowest BCUT2D eigenvalue weighted by Gasteiger charge is -2.05. The van der Waals surface area contributed by atoms with Crippen molar-refractivity contribution >= 4 is 23.4 Å². The van der Waals surface area contributed by atoms with Crippen LogP contribution in [0, 0.1) is 17.0 Å². The minimum Gasteiger partial charge on any atom is -0.490 e. The van der Waals surface area contributed by atoms with Gasteiger partial charge in [-0.1, -0.05) is 29.8 Å². The number of nitrogens with zero attached hydrogens (tertiary/aromatic N) is 1. The van der Waals surface area contributed by atoms with Crippen molar-refractivity contribution in [2.75, 3.05) is 12.4 Å². The van der Waals surface area contributed by atoms with Crippen molar-refractivity contribution in [3.63, 3.8) is 0 Å². The van der Waals surface area contributed by atoms with Crippen LogP contribution >= 0.6 is 0 Å². The Morgan fingerprint density at radius 3 is 2.52 bits per heavy atom. The molecule has 0 aromatic heterocycles. The van der Waals surface area contributed by atoms with E-state index in [2.05, 4.69) is 5.32 Å². The molecule has 2 rings (SSSR count). The molecule has 1 N–H and O–H groups in total. The molecular weight excluding hydrogens is 296 g/mol. The van der Waals surface area contributed by atoms with Gasteiger partial charge in [-0.2, -0.15) is 0 Å². The van der Waals surface area contributed by atoms with E-state index >= 15 is 0 Å². The fourth-order valence-corrected chi connectivity index (χ4v) is 1.94. The number of carbonyl (C=O) groups excluding carboxylic acids is 1. The topological polar surface area (TPSA) is 81.5 Å². The maximum Gasteiger partial charge on any atom is 0.312 e. The molecule has 0 aliphatic heterocycles. The van der Waals surface area contributed by atoms with E-state index in [-0.39, 0.29) is 17.3 Å². The van der Waals surface area contributed by atoms with Crippen LogP contribution in [0.5, 0.6) is 5.75 Å². The van der Waals surface area contributed by atoms with Gasteiger partial charge in [0, 0.05) is 17.8 Å². The molecule has 0 fully saturated rings. The summed E-state index contributed by atoms with van der Waals surface area (Å²) in [6, 6.07) is 11.9. The Balaban J connectivity index is 2.09. The third-order valence-corrected chi connectivity index (χ3v) is 3.15. The number of nitro benzene ring substituents is 1. The first-order chi connectivity index (χ1) is 11.0. The Morgan fingerprint density at radius 1 is 1.22 bits per heavy atom. The first kappa shape index (κ1) is 16.2. The summed E-state index contributed by atoms with van der Waals surface area (Å²) < 4.78 is 4.91. The van der Waals surface area contributed by atoms with E-state index in [1.807, 2.05) is 31.2 Å². The van der Waals surface area contributed by atoms with E-state index in [4.69, 9.17) is 4.74 Å². The molecular formula is C17H16N2O4. The summed E-state index contributed by atoms with van der Waals surface area (Å²) >= 11 is 0. The fraction of sp³-hybridized carbons (Fsp3) is 0.118. The number of carbonyl (C=O) groups is 1. The summed E-state index contributed by atoms with van der Waals surface area (Å²) in [7, 11) is 1.35. The van der Waals surface area contributed by atoms with Gasteiger partial charge >= 0.3 is 5.69 Å². The smallest absolute Gasteiger partial charge is 0.312 e. The Kier molecular flexibility index (Phi) is 5.09. The lowest BCUT2D eigenvalue weighted by Crippen LogP contribution is -2.08. The van der Waals surface area contributed by atoms with Crippen LogP contribution in [-0.4, -0.2) is 17.9 Å². The number of nitrogens with one attached hydrogen (secondary N) is 1. The van der Waals surface area contributed by atoms with Gasteiger partial charge < -0.3 is 10.1 Å². The second-order valence-corrected chi connectivity index (χ2v) is 4.88. The van der Waals surface area contributed by atoms with Crippen LogP contribution in [0.1, 0.15) is 11.1 Å². The number of methoxy groups -OCH3 is 1. The predicted octanol–water partition coefficient (Wildman–Crippen LogP) is 3.56. The van der Waals surface area contributed by atoms with Crippen molar-refractivity contribution in [2.24, 2.45) is 0 Å². The standard InChI is InChI=1S/C17H16N2O4/c1-12-3-5-13(6-4-12)7-10-17(20)18-14-8-9-16(23-2)15(11-14)19(21)22/h3-11H,1-2H3,(H,18,20)/b10-7+. The number of hydrogen-bond acceptors (Lipinski definition) is 4. The number of aryl methyl sites for hydroxylation is 1. The van der Waals surface area contributed by atoms with Crippen LogP contribution < -0.4 is 10.1 Å².